The number of thioether (sulfide) groups is 1. The number of anilines is 2. The van der Waals surface area contributed by atoms with Gasteiger partial charge in [0.25, 0.3) is 0 Å². The summed E-state index contributed by atoms with van der Waals surface area (Å²) >= 11 is 1.49. The Hall–Kier alpha value is -3.99. The fourth-order valence-corrected chi connectivity index (χ4v) is 3.48. The van der Waals surface area contributed by atoms with Crippen LogP contribution in [0.3, 0.4) is 0 Å². The quantitative estimate of drug-likeness (QED) is 0.203. The van der Waals surface area contributed by atoms with E-state index in [9.17, 15) is 19.2 Å². The van der Waals surface area contributed by atoms with E-state index in [0.29, 0.717) is 22.9 Å². The molecule has 184 valence electrons. The summed E-state index contributed by atoms with van der Waals surface area (Å²) in [6.07, 6.45) is 3.59. The Bertz CT molecular complexity index is 983. The van der Waals surface area contributed by atoms with Crippen LogP contribution in [0, 0.1) is 0 Å². The molecule has 35 heavy (non-hydrogen) atoms. The lowest BCUT2D eigenvalue weighted by atomic mass is 10.2. The summed E-state index contributed by atoms with van der Waals surface area (Å²) in [5.41, 5.74) is 7.86. The van der Waals surface area contributed by atoms with Gasteiger partial charge in [-0.3, -0.25) is 19.2 Å². The summed E-state index contributed by atoms with van der Waals surface area (Å²) < 4.78 is 0. The van der Waals surface area contributed by atoms with Gasteiger partial charge in [-0.15, -0.1) is 0 Å². The third-order valence-corrected chi connectivity index (χ3v) is 5.20. The molecule has 0 fully saturated rings. The predicted molar refractivity (Wildman–Crippen MR) is 140 cm³/mol. The number of hydrogen-bond acceptors (Lipinski definition) is 7. The zero-order valence-electron chi connectivity index (χ0n) is 19.5. The molecular weight excluding hydrogens is 468 g/mol. The highest BCUT2D eigenvalue weighted by atomic mass is 32.2. The van der Waals surface area contributed by atoms with Crippen LogP contribution in [0.2, 0.25) is 0 Å². The first-order valence-electron chi connectivity index (χ1n) is 10.8. The highest BCUT2D eigenvalue weighted by molar-refractivity contribution is 7.99. The van der Waals surface area contributed by atoms with Gasteiger partial charge in [-0.05, 0) is 35.4 Å². The maximum atomic E-state index is 11.9. The molecule has 2 rings (SSSR count). The molecule has 0 aliphatic carbocycles. The molecule has 0 saturated carbocycles. The molecule has 0 spiro atoms. The van der Waals surface area contributed by atoms with Crippen molar-refractivity contribution in [2.45, 2.75) is 26.7 Å². The van der Waals surface area contributed by atoms with Gasteiger partial charge in [-0.1, -0.05) is 24.3 Å². The van der Waals surface area contributed by atoms with E-state index in [1.54, 1.807) is 48.5 Å². The Kier molecular flexibility index (Phi) is 11.7. The van der Waals surface area contributed by atoms with Crippen molar-refractivity contribution in [2.24, 2.45) is 10.2 Å². The molecule has 0 unspecified atom stereocenters. The van der Waals surface area contributed by atoms with Crippen LogP contribution in [0.15, 0.2) is 58.7 Å². The number of carbonyl (C=O) groups excluding carboxylic acids is 4. The molecule has 0 aromatic heterocycles. The van der Waals surface area contributed by atoms with Crippen molar-refractivity contribution in [2.75, 3.05) is 22.1 Å². The molecule has 0 radical (unpaired) electrons. The monoisotopic (exact) mass is 496 g/mol. The van der Waals surface area contributed by atoms with E-state index in [2.05, 4.69) is 31.7 Å². The first-order valence-corrected chi connectivity index (χ1v) is 11.9. The van der Waals surface area contributed by atoms with Crippen LogP contribution in [0.4, 0.5) is 11.4 Å². The Balaban J connectivity index is 1.56. The largest absolute Gasteiger partial charge is 0.326 e. The summed E-state index contributed by atoms with van der Waals surface area (Å²) in [6, 6.07) is 14.1. The lowest BCUT2D eigenvalue weighted by molar-refractivity contribution is -0.121. The predicted octanol–water partition coefficient (Wildman–Crippen LogP) is 2.72. The second-order valence-electron chi connectivity index (χ2n) is 7.31. The number of hydrogen-bond donors (Lipinski definition) is 4. The van der Waals surface area contributed by atoms with E-state index < -0.39 is 0 Å². The van der Waals surface area contributed by atoms with Crippen LogP contribution in [0.25, 0.3) is 0 Å². The molecule has 0 saturated heterocycles. The van der Waals surface area contributed by atoms with Crippen molar-refractivity contribution in [3.05, 3.63) is 59.7 Å². The summed E-state index contributed by atoms with van der Waals surface area (Å²) in [6.45, 7) is 2.88. The SMILES string of the molecule is CC(=O)Nc1ccc(/C=N/NC(=O)CCSCCC(=O)N/N=C/c2ccc(NC(C)=O)cc2)cc1. The van der Waals surface area contributed by atoms with Crippen LogP contribution < -0.4 is 21.5 Å². The van der Waals surface area contributed by atoms with Gasteiger partial charge < -0.3 is 10.6 Å². The molecule has 10 nitrogen and oxygen atoms in total. The van der Waals surface area contributed by atoms with E-state index in [4.69, 9.17) is 0 Å². The minimum Gasteiger partial charge on any atom is -0.326 e. The normalized spacial score (nSPS) is 10.8. The molecule has 0 heterocycles. The van der Waals surface area contributed by atoms with Gasteiger partial charge in [0.05, 0.1) is 12.4 Å². The highest BCUT2D eigenvalue weighted by Crippen LogP contribution is 2.09. The fourth-order valence-electron chi connectivity index (χ4n) is 2.61. The van der Waals surface area contributed by atoms with Crippen LogP contribution in [-0.2, 0) is 19.2 Å². The van der Waals surface area contributed by atoms with Crippen molar-refractivity contribution in [3.8, 4) is 0 Å². The number of carbonyl (C=O) groups is 4. The number of nitrogens with one attached hydrogen (secondary N) is 4. The Morgan fingerprint density at radius 3 is 1.40 bits per heavy atom. The zero-order valence-corrected chi connectivity index (χ0v) is 20.4. The van der Waals surface area contributed by atoms with E-state index in [1.165, 1.54) is 38.0 Å². The summed E-state index contributed by atoms with van der Waals surface area (Å²) in [7, 11) is 0. The van der Waals surface area contributed by atoms with Crippen molar-refractivity contribution in [1.82, 2.24) is 10.9 Å². The van der Waals surface area contributed by atoms with Gasteiger partial charge >= 0.3 is 0 Å². The standard InChI is InChI=1S/C24H28N6O4S/c1-17(31)27-21-7-3-19(4-8-21)15-25-29-23(33)11-13-35-14-12-24(34)30-26-16-20-5-9-22(10-6-20)28-18(2)32/h3-10,15-16H,11-14H2,1-2H3,(H,27,31)(H,28,32)(H,29,33)(H,30,34)/b25-15+,26-16+. The average molecular weight is 497 g/mol. The molecule has 0 bridgehead atoms. The third kappa shape index (κ3) is 12.2. The molecule has 0 aliphatic heterocycles. The average Bonchev–Trinajstić information content (AvgIpc) is 2.80. The van der Waals surface area contributed by atoms with Crippen LogP contribution in [0.5, 0.6) is 0 Å². The third-order valence-electron chi connectivity index (χ3n) is 4.21. The fraction of sp³-hybridized carbons (Fsp3) is 0.250. The number of rotatable bonds is 12. The van der Waals surface area contributed by atoms with Gasteiger partial charge in [0.15, 0.2) is 0 Å². The lowest BCUT2D eigenvalue weighted by Crippen LogP contribution is -2.19. The molecule has 2 aromatic rings. The van der Waals surface area contributed by atoms with E-state index in [1.807, 2.05) is 0 Å². The van der Waals surface area contributed by atoms with Crippen molar-refractivity contribution in [3.63, 3.8) is 0 Å². The number of amides is 4. The minimum atomic E-state index is -0.220. The lowest BCUT2D eigenvalue weighted by Gasteiger charge is -2.03. The first-order chi connectivity index (χ1) is 16.8. The molecule has 0 aliphatic rings. The van der Waals surface area contributed by atoms with Crippen LogP contribution >= 0.6 is 11.8 Å². The second-order valence-corrected chi connectivity index (χ2v) is 8.53. The Labute approximate surface area is 208 Å². The Morgan fingerprint density at radius 2 is 1.06 bits per heavy atom. The van der Waals surface area contributed by atoms with Gasteiger partial charge in [0.2, 0.25) is 23.6 Å². The van der Waals surface area contributed by atoms with Crippen molar-refractivity contribution in [1.29, 1.82) is 0 Å². The number of nitrogens with zero attached hydrogens (tertiary/aromatic N) is 2. The second kappa shape index (κ2) is 15.0. The maximum Gasteiger partial charge on any atom is 0.240 e. The molecule has 4 amide bonds. The highest BCUT2D eigenvalue weighted by Gasteiger charge is 2.03. The Morgan fingerprint density at radius 1 is 0.686 bits per heavy atom. The molecular formula is C24H28N6O4S. The molecule has 0 atom stereocenters. The molecule has 4 N–H and O–H groups in total. The smallest absolute Gasteiger partial charge is 0.240 e. The number of benzene rings is 2. The van der Waals surface area contributed by atoms with E-state index in [-0.39, 0.29) is 36.5 Å². The maximum absolute atomic E-state index is 11.9. The van der Waals surface area contributed by atoms with Gasteiger partial charge in [0.1, 0.15) is 0 Å². The first kappa shape index (κ1) is 27.3. The molecule has 11 heteroatoms. The number of hydrazone groups is 2. The van der Waals surface area contributed by atoms with Crippen molar-refractivity contribution >= 4 is 59.2 Å². The van der Waals surface area contributed by atoms with Gasteiger partial charge in [-0.25, -0.2) is 10.9 Å². The summed E-state index contributed by atoms with van der Waals surface area (Å²) in [5, 5.41) is 13.2. The van der Waals surface area contributed by atoms with Gasteiger partial charge in [0, 0.05) is 49.6 Å². The van der Waals surface area contributed by atoms with Crippen molar-refractivity contribution < 1.29 is 19.2 Å². The van der Waals surface area contributed by atoms with Crippen LogP contribution in [0.1, 0.15) is 37.8 Å². The van der Waals surface area contributed by atoms with E-state index in [0.717, 1.165) is 11.1 Å². The topological polar surface area (TPSA) is 141 Å². The molecule has 2 aromatic carbocycles. The zero-order chi connectivity index (χ0) is 25.5. The van der Waals surface area contributed by atoms with Gasteiger partial charge in [-0.2, -0.15) is 22.0 Å². The summed E-state index contributed by atoms with van der Waals surface area (Å²) in [4.78, 5) is 45.7. The summed E-state index contributed by atoms with van der Waals surface area (Å²) in [5.74, 6) is 0.389. The minimum absolute atomic E-state index is 0.145. The van der Waals surface area contributed by atoms with E-state index >= 15 is 0 Å². The van der Waals surface area contributed by atoms with Crippen LogP contribution in [-0.4, -0.2) is 47.6 Å².